The first kappa shape index (κ1) is 9.27. The van der Waals surface area contributed by atoms with E-state index in [1.54, 1.807) is 6.92 Å². The fourth-order valence-corrected chi connectivity index (χ4v) is 0.422. The maximum atomic E-state index is 12.3. The molecule has 0 fully saturated rings. The molecule has 0 saturated heterocycles. The van der Waals surface area contributed by atoms with Crippen molar-refractivity contribution >= 4 is 6.21 Å². The van der Waals surface area contributed by atoms with Crippen LogP contribution in [0.5, 0.6) is 0 Å². The van der Waals surface area contributed by atoms with Gasteiger partial charge >= 0.3 is 0 Å². The van der Waals surface area contributed by atoms with Crippen LogP contribution in [0.3, 0.4) is 0 Å². The van der Waals surface area contributed by atoms with Crippen LogP contribution in [0.25, 0.3) is 0 Å². The molecule has 0 aliphatic rings. The van der Waals surface area contributed by atoms with Gasteiger partial charge in [0.2, 0.25) is 0 Å². The van der Waals surface area contributed by atoms with Crippen molar-refractivity contribution in [3.8, 4) is 0 Å². The highest BCUT2D eigenvalue weighted by atomic mass is 19.1. The number of hydrogen-bond acceptors (Lipinski definition) is 1. The summed E-state index contributed by atoms with van der Waals surface area (Å²) in [6.07, 6.45) is 1.51. The fourth-order valence-electron chi connectivity index (χ4n) is 0.422. The summed E-state index contributed by atoms with van der Waals surface area (Å²) in [7, 11) is 0. The number of alkyl halides is 1. The van der Waals surface area contributed by atoms with E-state index in [4.69, 9.17) is 0 Å². The van der Waals surface area contributed by atoms with Crippen LogP contribution in [-0.4, -0.2) is 12.5 Å². The summed E-state index contributed by atoms with van der Waals surface area (Å²) in [5.41, 5.74) is 0. The Morgan fingerprint density at radius 1 is 1.70 bits per heavy atom. The van der Waals surface area contributed by atoms with Crippen LogP contribution in [0.15, 0.2) is 16.9 Å². The van der Waals surface area contributed by atoms with Crippen molar-refractivity contribution in [2.75, 3.05) is 0 Å². The van der Waals surface area contributed by atoms with Gasteiger partial charge in [-0.15, -0.1) is 0 Å². The van der Waals surface area contributed by atoms with Crippen LogP contribution in [0.2, 0.25) is 0 Å². The standard InChI is InChI=1S/C7H11F2N/c1-3-4-7(9)5-10-6(2)8/h4-6H,3H2,1-2H3/b7-4+,10-5?/t6-/m0/s1. The lowest BCUT2D eigenvalue weighted by Crippen LogP contribution is -1.86. The second kappa shape index (κ2) is 5.09. The Kier molecular flexibility index (Phi) is 4.72. The highest BCUT2D eigenvalue weighted by Gasteiger charge is 1.90. The fraction of sp³-hybridized carbons (Fsp3) is 0.571. The van der Waals surface area contributed by atoms with E-state index < -0.39 is 12.1 Å². The molecule has 0 saturated carbocycles. The minimum atomic E-state index is -1.32. The molecule has 0 heterocycles. The number of allylic oxidation sites excluding steroid dienone is 2. The zero-order valence-corrected chi connectivity index (χ0v) is 6.14. The van der Waals surface area contributed by atoms with E-state index in [0.29, 0.717) is 6.42 Å². The second-order valence-corrected chi connectivity index (χ2v) is 1.85. The maximum Gasteiger partial charge on any atom is 0.187 e. The molecule has 0 aromatic carbocycles. The van der Waals surface area contributed by atoms with Gasteiger partial charge in [-0.05, 0) is 19.4 Å². The number of aliphatic imine (C=N–C) groups is 1. The summed E-state index contributed by atoms with van der Waals surface area (Å²) in [5, 5.41) is 0. The van der Waals surface area contributed by atoms with E-state index in [2.05, 4.69) is 4.99 Å². The second-order valence-electron chi connectivity index (χ2n) is 1.85. The first-order valence-electron chi connectivity index (χ1n) is 3.19. The van der Waals surface area contributed by atoms with Gasteiger partial charge in [0.25, 0.3) is 0 Å². The van der Waals surface area contributed by atoms with Gasteiger partial charge in [0.05, 0.1) is 6.21 Å². The third-order valence-corrected chi connectivity index (χ3v) is 0.802. The molecule has 0 aromatic rings. The minimum absolute atomic E-state index is 0.480. The summed E-state index contributed by atoms with van der Waals surface area (Å²) < 4.78 is 24.2. The molecule has 0 aliphatic heterocycles. The third-order valence-electron chi connectivity index (χ3n) is 0.802. The Morgan fingerprint density at radius 2 is 2.30 bits per heavy atom. The lowest BCUT2D eigenvalue weighted by Gasteiger charge is -1.88. The Bertz CT molecular complexity index is 139. The molecule has 0 N–H and O–H groups in total. The monoisotopic (exact) mass is 147 g/mol. The Labute approximate surface area is 59.5 Å². The van der Waals surface area contributed by atoms with Crippen molar-refractivity contribution in [2.24, 2.45) is 4.99 Å². The SMILES string of the molecule is CC/C=C(/F)C=N[C@@H](C)F. The topological polar surface area (TPSA) is 12.4 Å². The van der Waals surface area contributed by atoms with Crippen molar-refractivity contribution in [3.63, 3.8) is 0 Å². The number of nitrogens with zero attached hydrogens (tertiary/aromatic N) is 1. The van der Waals surface area contributed by atoms with Gasteiger partial charge in [0.15, 0.2) is 6.30 Å². The summed E-state index contributed by atoms with van der Waals surface area (Å²) in [5.74, 6) is -0.480. The summed E-state index contributed by atoms with van der Waals surface area (Å²) in [6, 6.07) is 0. The van der Waals surface area contributed by atoms with Gasteiger partial charge in [0, 0.05) is 0 Å². The molecule has 10 heavy (non-hydrogen) atoms. The molecule has 0 rings (SSSR count). The molecule has 0 unspecified atom stereocenters. The summed E-state index contributed by atoms with van der Waals surface area (Å²) in [6.45, 7) is 3.04. The molecule has 0 spiro atoms. The average Bonchev–Trinajstić information content (AvgIpc) is 1.85. The molecule has 0 aromatic heterocycles. The Hall–Kier alpha value is -0.730. The van der Waals surface area contributed by atoms with Crippen LogP contribution in [0.4, 0.5) is 8.78 Å². The zero-order valence-electron chi connectivity index (χ0n) is 6.14. The van der Waals surface area contributed by atoms with Crippen molar-refractivity contribution in [1.29, 1.82) is 0 Å². The molecule has 0 radical (unpaired) electrons. The summed E-state index contributed by atoms with van der Waals surface area (Å²) in [4.78, 5) is 3.21. The first-order chi connectivity index (χ1) is 4.66. The number of rotatable bonds is 3. The van der Waals surface area contributed by atoms with Gasteiger partial charge in [-0.25, -0.2) is 8.78 Å². The average molecular weight is 147 g/mol. The smallest absolute Gasteiger partial charge is 0.187 e. The van der Waals surface area contributed by atoms with Gasteiger partial charge in [-0.2, -0.15) is 0 Å². The van der Waals surface area contributed by atoms with Gasteiger partial charge in [0.1, 0.15) is 5.83 Å². The van der Waals surface area contributed by atoms with E-state index >= 15 is 0 Å². The van der Waals surface area contributed by atoms with Crippen molar-refractivity contribution in [3.05, 3.63) is 11.9 Å². The Morgan fingerprint density at radius 3 is 2.70 bits per heavy atom. The van der Waals surface area contributed by atoms with E-state index in [-0.39, 0.29) is 0 Å². The summed E-state index contributed by atoms with van der Waals surface area (Å²) >= 11 is 0. The number of halogens is 2. The van der Waals surface area contributed by atoms with Crippen LogP contribution in [-0.2, 0) is 0 Å². The molecular formula is C7H11F2N. The van der Waals surface area contributed by atoms with E-state index in [9.17, 15) is 8.78 Å². The first-order valence-corrected chi connectivity index (χ1v) is 3.19. The molecule has 1 atom stereocenters. The van der Waals surface area contributed by atoms with Crippen LogP contribution in [0, 0.1) is 0 Å². The molecule has 3 heteroatoms. The quantitative estimate of drug-likeness (QED) is 0.430. The van der Waals surface area contributed by atoms with Crippen LogP contribution in [0.1, 0.15) is 20.3 Å². The third kappa shape index (κ3) is 5.41. The van der Waals surface area contributed by atoms with Crippen molar-refractivity contribution < 1.29 is 8.78 Å². The molecule has 0 aliphatic carbocycles. The largest absolute Gasteiger partial charge is 0.254 e. The predicted molar refractivity (Wildman–Crippen MR) is 38.5 cm³/mol. The Balaban J connectivity index is 3.77. The minimum Gasteiger partial charge on any atom is -0.254 e. The van der Waals surface area contributed by atoms with Gasteiger partial charge < -0.3 is 0 Å². The van der Waals surface area contributed by atoms with Crippen molar-refractivity contribution in [2.45, 2.75) is 26.6 Å². The van der Waals surface area contributed by atoms with Crippen molar-refractivity contribution in [1.82, 2.24) is 0 Å². The number of hydrogen-bond donors (Lipinski definition) is 0. The molecule has 0 bridgehead atoms. The van der Waals surface area contributed by atoms with E-state index in [0.717, 1.165) is 6.21 Å². The highest BCUT2D eigenvalue weighted by Crippen LogP contribution is 1.96. The highest BCUT2D eigenvalue weighted by molar-refractivity contribution is 5.75. The molecular weight excluding hydrogens is 136 g/mol. The molecule has 0 amide bonds. The maximum absolute atomic E-state index is 12.3. The van der Waals surface area contributed by atoms with Crippen LogP contribution < -0.4 is 0 Å². The lowest BCUT2D eigenvalue weighted by atomic mass is 10.4. The van der Waals surface area contributed by atoms with Gasteiger partial charge in [-0.1, -0.05) is 6.92 Å². The zero-order chi connectivity index (χ0) is 7.98. The molecule has 1 nitrogen and oxygen atoms in total. The molecule has 58 valence electrons. The van der Waals surface area contributed by atoms with Gasteiger partial charge in [-0.3, -0.25) is 4.99 Å². The van der Waals surface area contributed by atoms with Crippen LogP contribution >= 0.6 is 0 Å². The lowest BCUT2D eigenvalue weighted by molar-refractivity contribution is 0.377. The normalized spacial score (nSPS) is 16.2. The van der Waals surface area contributed by atoms with E-state index in [1.807, 2.05) is 0 Å². The van der Waals surface area contributed by atoms with E-state index in [1.165, 1.54) is 13.0 Å². The predicted octanol–water partition coefficient (Wildman–Crippen LogP) is 2.64.